The van der Waals surface area contributed by atoms with E-state index in [4.69, 9.17) is 4.74 Å². The van der Waals surface area contributed by atoms with Gasteiger partial charge in [0.1, 0.15) is 18.3 Å². The average Bonchev–Trinajstić information content (AvgIpc) is 3.38. The second-order valence-electron chi connectivity index (χ2n) is 9.54. The van der Waals surface area contributed by atoms with Gasteiger partial charge in [0.05, 0.1) is 24.0 Å². The Morgan fingerprint density at radius 1 is 1.18 bits per heavy atom. The van der Waals surface area contributed by atoms with Crippen molar-refractivity contribution in [3.8, 4) is 5.75 Å². The minimum absolute atomic E-state index is 0.0273. The number of carbonyl (C=O) groups is 2. The van der Waals surface area contributed by atoms with Crippen molar-refractivity contribution in [1.29, 1.82) is 0 Å². The molecule has 1 atom stereocenters. The number of ether oxygens (including phenoxy) is 1. The average molecular weight is 547 g/mol. The van der Waals surface area contributed by atoms with Crippen LogP contribution in [0.25, 0.3) is 0 Å². The molecule has 0 bridgehead atoms. The second kappa shape index (κ2) is 12.2. The first kappa shape index (κ1) is 28.9. The molecule has 0 aliphatic heterocycles. The number of anilines is 1. The fourth-order valence-electron chi connectivity index (χ4n) is 4.52. The Morgan fingerprint density at radius 3 is 2.47 bits per heavy atom. The number of nitro benzene ring substituents is 1. The van der Waals surface area contributed by atoms with Crippen LogP contribution in [-0.4, -0.2) is 62.0 Å². The molecule has 2 aromatic rings. The highest BCUT2D eigenvalue weighted by Gasteiger charge is 2.32. The highest BCUT2D eigenvalue weighted by atomic mass is 32.2. The van der Waals surface area contributed by atoms with Crippen LogP contribution in [0.1, 0.15) is 43.7 Å². The summed E-state index contributed by atoms with van der Waals surface area (Å²) in [6.45, 7) is 2.60. The van der Waals surface area contributed by atoms with Crippen molar-refractivity contribution in [2.45, 2.75) is 58.2 Å². The summed E-state index contributed by atoms with van der Waals surface area (Å²) in [5.41, 5.74) is 0.861. The summed E-state index contributed by atoms with van der Waals surface area (Å²) < 4.78 is 31.7. The van der Waals surface area contributed by atoms with Gasteiger partial charge in [-0.2, -0.15) is 0 Å². The van der Waals surface area contributed by atoms with Crippen molar-refractivity contribution in [2.24, 2.45) is 0 Å². The van der Waals surface area contributed by atoms with Crippen LogP contribution in [0.5, 0.6) is 5.75 Å². The van der Waals surface area contributed by atoms with E-state index in [1.54, 1.807) is 38.1 Å². The van der Waals surface area contributed by atoms with E-state index in [1.807, 2.05) is 0 Å². The standard InChI is InChI=1S/C26H34N4O7S/c1-18-12-13-22(30(33)34)15-24(18)29(38(4,35)36)17-25(31)28(16-20-8-7-11-23(14-20)37-3)19(2)26(32)27-21-9-5-6-10-21/h7-8,11-15,19,21H,5-6,9-10,16-17H2,1-4H3,(H,27,32)/t19-/m0/s1. The molecule has 0 spiro atoms. The van der Waals surface area contributed by atoms with Gasteiger partial charge in [0.25, 0.3) is 5.69 Å². The second-order valence-corrected chi connectivity index (χ2v) is 11.4. The van der Waals surface area contributed by atoms with Crippen LogP contribution in [-0.2, 0) is 26.2 Å². The third kappa shape index (κ3) is 7.21. The molecule has 206 valence electrons. The first-order valence-corrected chi connectivity index (χ1v) is 14.2. The lowest BCUT2D eigenvalue weighted by atomic mass is 10.1. The molecular weight excluding hydrogens is 512 g/mol. The summed E-state index contributed by atoms with van der Waals surface area (Å²) in [5.74, 6) is -0.383. The predicted molar refractivity (Wildman–Crippen MR) is 143 cm³/mol. The minimum Gasteiger partial charge on any atom is -0.497 e. The van der Waals surface area contributed by atoms with Crippen molar-refractivity contribution in [3.05, 3.63) is 63.7 Å². The van der Waals surface area contributed by atoms with Crippen LogP contribution in [0.15, 0.2) is 42.5 Å². The number of non-ortho nitro benzene ring substituents is 1. The molecule has 2 amide bonds. The Hall–Kier alpha value is -3.67. The van der Waals surface area contributed by atoms with Gasteiger partial charge >= 0.3 is 0 Å². The molecule has 1 aliphatic carbocycles. The molecule has 38 heavy (non-hydrogen) atoms. The summed E-state index contributed by atoms with van der Waals surface area (Å²) >= 11 is 0. The fraction of sp³-hybridized carbons (Fsp3) is 0.462. The number of hydrogen-bond acceptors (Lipinski definition) is 7. The molecule has 0 radical (unpaired) electrons. The number of benzene rings is 2. The minimum atomic E-state index is -4.02. The van der Waals surface area contributed by atoms with Gasteiger partial charge in [-0.25, -0.2) is 8.42 Å². The van der Waals surface area contributed by atoms with Crippen LogP contribution < -0.4 is 14.4 Å². The topological polar surface area (TPSA) is 139 Å². The first-order chi connectivity index (χ1) is 17.9. The van der Waals surface area contributed by atoms with Crippen LogP contribution in [0.3, 0.4) is 0 Å². The Bertz CT molecular complexity index is 1290. The number of methoxy groups -OCH3 is 1. The predicted octanol–water partition coefficient (Wildman–Crippen LogP) is 3.15. The van der Waals surface area contributed by atoms with E-state index in [0.717, 1.165) is 42.3 Å². The number of amides is 2. The van der Waals surface area contributed by atoms with E-state index in [1.165, 1.54) is 24.1 Å². The number of sulfonamides is 1. The van der Waals surface area contributed by atoms with E-state index >= 15 is 0 Å². The summed E-state index contributed by atoms with van der Waals surface area (Å²) in [5, 5.41) is 14.3. The molecular formula is C26H34N4O7S. The monoisotopic (exact) mass is 546 g/mol. The maximum absolute atomic E-state index is 13.7. The molecule has 12 heteroatoms. The number of hydrogen-bond donors (Lipinski definition) is 1. The lowest BCUT2D eigenvalue weighted by Gasteiger charge is -2.32. The third-order valence-electron chi connectivity index (χ3n) is 6.71. The van der Waals surface area contributed by atoms with E-state index in [9.17, 15) is 28.1 Å². The lowest BCUT2D eigenvalue weighted by Crippen LogP contribution is -2.52. The smallest absolute Gasteiger partial charge is 0.271 e. The number of nitrogens with one attached hydrogen (secondary N) is 1. The molecule has 0 unspecified atom stereocenters. The van der Waals surface area contributed by atoms with Gasteiger partial charge in [0, 0.05) is 24.7 Å². The molecule has 2 aromatic carbocycles. The highest BCUT2D eigenvalue weighted by molar-refractivity contribution is 7.92. The summed E-state index contributed by atoms with van der Waals surface area (Å²) in [6.07, 6.45) is 4.73. The van der Waals surface area contributed by atoms with Gasteiger partial charge in [-0.1, -0.05) is 31.0 Å². The molecule has 11 nitrogen and oxygen atoms in total. The molecule has 0 saturated heterocycles. The van der Waals surface area contributed by atoms with Crippen molar-refractivity contribution in [2.75, 3.05) is 24.2 Å². The molecule has 1 N–H and O–H groups in total. The van der Waals surface area contributed by atoms with Crippen LogP contribution in [0, 0.1) is 17.0 Å². The van der Waals surface area contributed by atoms with Gasteiger partial charge in [0.15, 0.2) is 0 Å². The number of carbonyl (C=O) groups excluding carboxylic acids is 2. The Labute approximate surface area is 223 Å². The number of aryl methyl sites for hydroxylation is 1. The van der Waals surface area contributed by atoms with Gasteiger partial charge in [-0.3, -0.25) is 24.0 Å². The molecule has 1 fully saturated rings. The summed E-state index contributed by atoms with van der Waals surface area (Å²) in [7, 11) is -2.50. The molecule has 1 aliphatic rings. The van der Waals surface area contributed by atoms with Gasteiger partial charge in [-0.15, -0.1) is 0 Å². The van der Waals surface area contributed by atoms with Crippen LogP contribution >= 0.6 is 0 Å². The zero-order valence-electron chi connectivity index (χ0n) is 22.0. The van der Waals surface area contributed by atoms with Crippen molar-refractivity contribution in [1.82, 2.24) is 10.2 Å². The lowest BCUT2D eigenvalue weighted by molar-refractivity contribution is -0.384. The normalized spacial score (nSPS) is 14.5. The fourth-order valence-corrected chi connectivity index (χ4v) is 5.42. The molecule has 3 rings (SSSR count). The Balaban J connectivity index is 1.95. The van der Waals surface area contributed by atoms with Crippen molar-refractivity contribution >= 4 is 33.2 Å². The molecule has 1 saturated carbocycles. The highest BCUT2D eigenvalue weighted by Crippen LogP contribution is 2.28. The van der Waals surface area contributed by atoms with Gasteiger partial charge < -0.3 is 15.0 Å². The SMILES string of the molecule is COc1cccc(CN(C(=O)CN(c2cc([N+](=O)[O-])ccc2C)S(C)(=O)=O)[C@@H](C)C(=O)NC2CCCC2)c1. The van der Waals surface area contributed by atoms with Crippen LogP contribution in [0.4, 0.5) is 11.4 Å². The number of nitrogens with zero attached hydrogens (tertiary/aromatic N) is 3. The van der Waals surface area contributed by atoms with Crippen LogP contribution in [0.2, 0.25) is 0 Å². The van der Waals surface area contributed by atoms with Gasteiger partial charge in [-0.05, 0) is 49.9 Å². The molecule has 0 aromatic heterocycles. The zero-order chi connectivity index (χ0) is 28.0. The van der Waals surface area contributed by atoms with Crippen molar-refractivity contribution in [3.63, 3.8) is 0 Å². The van der Waals surface area contributed by atoms with E-state index < -0.39 is 33.4 Å². The van der Waals surface area contributed by atoms with E-state index in [0.29, 0.717) is 16.9 Å². The first-order valence-electron chi connectivity index (χ1n) is 12.4. The van der Waals surface area contributed by atoms with E-state index in [2.05, 4.69) is 5.32 Å². The summed E-state index contributed by atoms with van der Waals surface area (Å²) in [4.78, 5) is 38.9. The number of nitro groups is 1. The Kier molecular flexibility index (Phi) is 9.31. The van der Waals surface area contributed by atoms with Gasteiger partial charge in [0.2, 0.25) is 21.8 Å². The quantitative estimate of drug-likeness (QED) is 0.337. The largest absolute Gasteiger partial charge is 0.497 e. The van der Waals surface area contributed by atoms with E-state index in [-0.39, 0.29) is 29.9 Å². The maximum Gasteiger partial charge on any atom is 0.271 e. The maximum atomic E-state index is 13.7. The Morgan fingerprint density at radius 2 is 1.87 bits per heavy atom. The number of rotatable bonds is 11. The molecule has 0 heterocycles. The van der Waals surface area contributed by atoms with Crippen molar-refractivity contribution < 1.29 is 27.7 Å². The summed E-state index contributed by atoms with van der Waals surface area (Å²) in [6, 6.07) is 10.0. The zero-order valence-corrected chi connectivity index (χ0v) is 22.9. The third-order valence-corrected chi connectivity index (χ3v) is 7.83.